The molecule has 0 aromatic heterocycles. The quantitative estimate of drug-likeness (QED) is 0.553. The predicted molar refractivity (Wildman–Crippen MR) is 109 cm³/mol. The number of ether oxygens (including phenoxy) is 1. The minimum Gasteiger partial charge on any atom is -0.445 e. The topological polar surface area (TPSA) is 111 Å². The second-order valence-electron chi connectivity index (χ2n) is 5.88. The second-order valence-corrected chi connectivity index (χ2v) is 7.17. The van der Waals surface area contributed by atoms with E-state index in [4.69, 9.17) is 22.1 Å². The number of carbonyl (C=O) groups excluding carboxylic acids is 3. The molecular weight excluding hydrogens is 450 g/mol. The third kappa shape index (κ3) is 7.21. The molecule has 148 valence electrons. The Morgan fingerprint density at radius 2 is 1.86 bits per heavy atom. The molecule has 0 heterocycles. The van der Waals surface area contributed by atoms with Gasteiger partial charge < -0.3 is 21.1 Å². The van der Waals surface area contributed by atoms with Crippen LogP contribution in [0.25, 0.3) is 0 Å². The summed E-state index contributed by atoms with van der Waals surface area (Å²) in [5.74, 6) is -1.27. The van der Waals surface area contributed by atoms with Gasteiger partial charge in [0.2, 0.25) is 11.8 Å². The molecule has 0 saturated carbocycles. The highest BCUT2D eigenvalue weighted by Crippen LogP contribution is 2.22. The molecule has 1 atom stereocenters. The molecular formula is C19H19BrClN3O4. The normalized spacial score (nSPS) is 11.4. The number of nitrogens with two attached hydrogens (primary N) is 1. The Kier molecular flexibility index (Phi) is 8.28. The van der Waals surface area contributed by atoms with Crippen LogP contribution in [0, 0.1) is 0 Å². The first-order chi connectivity index (χ1) is 13.3. The minimum absolute atomic E-state index is 0.0843. The van der Waals surface area contributed by atoms with Gasteiger partial charge >= 0.3 is 6.09 Å². The van der Waals surface area contributed by atoms with Gasteiger partial charge in [-0.3, -0.25) is 9.59 Å². The Labute approximate surface area is 175 Å². The number of rotatable bonds is 8. The number of carbonyl (C=O) groups is 3. The van der Waals surface area contributed by atoms with Crippen molar-refractivity contribution in [1.82, 2.24) is 10.6 Å². The molecule has 2 aromatic carbocycles. The molecule has 0 aliphatic rings. The first kappa shape index (κ1) is 21.7. The highest BCUT2D eigenvalue weighted by atomic mass is 79.9. The van der Waals surface area contributed by atoms with E-state index >= 15 is 0 Å². The predicted octanol–water partition coefficient (Wildman–Crippen LogP) is 2.54. The van der Waals surface area contributed by atoms with Crippen LogP contribution in [-0.2, 0) is 27.4 Å². The zero-order valence-electron chi connectivity index (χ0n) is 14.8. The molecule has 3 amide bonds. The summed E-state index contributed by atoms with van der Waals surface area (Å²) < 4.78 is 5.75. The van der Waals surface area contributed by atoms with E-state index in [0.717, 1.165) is 10.0 Å². The van der Waals surface area contributed by atoms with Gasteiger partial charge in [-0.25, -0.2) is 4.79 Å². The lowest BCUT2D eigenvalue weighted by Crippen LogP contribution is -2.49. The summed E-state index contributed by atoms with van der Waals surface area (Å²) in [4.78, 5) is 35.4. The van der Waals surface area contributed by atoms with Gasteiger partial charge in [0.25, 0.3) is 0 Å². The van der Waals surface area contributed by atoms with Crippen molar-refractivity contribution in [2.45, 2.75) is 19.1 Å². The number of benzene rings is 2. The Balaban J connectivity index is 1.82. The molecule has 0 radical (unpaired) electrons. The number of alkyl carbamates (subject to hydrolysis) is 1. The number of hydrogen-bond donors (Lipinski definition) is 3. The summed E-state index contributed by atoms with van der Waals surface area (Å²) >= 11 is 9.32. The Hall–Kier alpha value is -2.58. The summed E-state index contributed by atoms with van der Waals surface area (Å²) in [5.41, 5.74) is 6.91. The van der Waals surface area contributed by atoms with Crippen LogP contribution in [-0.4, -0.2) is 30.5 Å². The summed E-state index contributed by atoms with van der Waals surface area (Å²) in [7, 11) is 0. The van der Waals surface area contributed by atoms with E-state index in [-0.39, 0.29) is 19.6 Å². The van der Waals surface area contributed by atoms with Crippen molar-refractivity contribution >= 4 is 45.4 Å². The van der Waals surface area contributed by atoms with Gasteiger partial charge in [0, 0.05) is 15.9 Å². The fourth-order valence-electron chi connectivity index (χ4n) is 2.31. The maximum absolute atomic E-state index is 12.1. The molecule has 2 rings (SSSR count). The van der Waals surface area contributed by atoms with Gasteiger partial charge in [-0.1, -0.05) is 57.9 Å². The van der Waals surface area contributed by atoms with Gasteiger partial charge in [0.05, 0.1) is 0 Å². The van der Waals surface area contributed by atoms with Crippen LogP contribution in [0.4, 0.5) is 4.79 Å². The minimum atomic E-state index is -0.954. The molecule has 0 bridgehead atoms. The molecule has 0 fully saturated rings. The molecule has 9 heteroatoms. The van der Waals surface area contributed by atoms with Crippen molar-refractivity contribution in [2.24, 2.45) is 5.73 Å². The maximum Gasteiger partial charge on any atom is 0.407 e. The second kappa shape index (κ2) is 10.7. The number of amides is 3. The van der Waals surface area contributed by atoms with Crippen molar-refractivity contribution in [2.75, 3.05) is 6.54 Å². The van der Waals surface area contributed by atoms with E-state index in [1.807, 2.05) is 30.3 Å². The molecule has 0 aliphatic carbocycles. The van der Waals surface area contributed by atoms with Crippen LogP contribution in [0.1, 0.15) is 11.1 Å². The number of hydrogen-bond acceptors (Lipinski definition) is 4. The average Bonchev–Trinajstić information content (AvgIpc) is 2.67. The molecule has 0 spiro atoms. The number of nitrogens with one attached hydrogen (secondary N) is 2. The van der Waals surface area contributed by atoms with Crippen molar-refractivity contribution in [3.8, 4) is 0 Å². The van der Waals surface area contributed by atoms with Crippen molar-refractivity contribution < 1.29 is 19.1 Å². The van der Waals surface area contributed by atoms with Crippen LogP contribution in [0.2, 0.25) is 5.02 Å². The summed E-state index contributed by atoms with van der Waals surface area (Å²) in [6.07, 6.45) is -0.590. The fourth-order valence-corrected chi connectivity index (χ4v) is 2.92. The Bertz CT molecular complexity index is 848. The number of halogens is 2. The molecule has 0 aliphatic heterocycles. The summed E-state index contributed by atoms with van der Waals surface area (Å²) in [6, 6.07) is 13.3. The van der Waals surface area contributed by atoms with Crippen LogP contribution in [0.3, 0.4) is 0 Å². The Morgan fingerprint density at radius 3 is 2.54 bits per heavy atom. The summed E-state index contributed by atoms with van der Waals surface area (Å²) in [5, 5.41) is 5.31. The van der Waals surface area contributed by atoms with E-state index in [0.29, 0.717) is 10.6 Å². The smallest absolute Gasteiger partial charge is 0.407 e. The highest BCUT2D eigenvalue weighted by Gasteiger charge is 2.20. The van der Waals surface area contributed by atoms with Gasteiger partial charge in [-0.15, -0.1) is 0 Å². The third-order valence-corrected chi connectivity index (χ3v) is 4.73. The molecule has 0 saturated heterocycles. The van der Waals surface area contributed by atoms with Gasteiger partial charge in [-0.05, 0) is 29.3 Å². The van der Waals surface area contributed by atoms with Crippen molar-refractivity contribution in [1.29, 1.82) is 0 Å². The fraction of sp³-hybridized carbons (Fsp3) is 0.211. The average molecular weight is 469 g/mol. The standard InChI is InChI=1S/C19H19BrClN3O4/c20-15-7-6-14(21)8-13(15)9-16(18(22)26)24-17(25)10-23-19(27)28-11-12-4-2-1-3-5-12/h1-8,16H,9-11H2,(H2,22,26)(H,23,27)(H,24,25)/t16-/m1/s1. The van der Waals surface area contributed by atoms with Crippen molar-refractivity contribution in [3.63, 3.8) is 0 Å². The molecule has 28 heavy (non-hydrogen) atoms. The van der Waals surface area contributed by atoms with Gasteiger partial charge in [0.15, 0.2) is 0 Å². The third-order valence-electron chi connectivity index (χ3n) is 3.72. The van der Waals surface area contributed by atoms with Crippen LogP contribution in [0.5, 0.6) is 0 Å². The van der Waals surface area contributed by atoms with Crippen LogP contribution < -0.4 is 16.4 Å². The van der Waals surface area contributed by atoms with E-state index in [1.165, 1.54) is 0 Å². The van der Waals surface area contributed by atoms with Gasteiger partial charge in [-0.2, -0.15) is 0 Å². The largest absolute Gasteiger partial charge is 0.445 e. The van der Waals surface area contributed by atoms with E-state index in [1.54, 1.807) is 18.2 Å². The molecule has 4 N–H and O–H groups in total. The lowest BCUT2D eigenvalue weighted by atomic mass is 10.1. The molecule has 2 aromatic rings. The Morgan fingerprint density at radius 1 is 1.14 bits per heavy atom. The van der Waals surface area contributed by atoms with Gasteiger partial charge in [0.1, 0.15) is 19.2 Å². The molecule has 0 unspecified atom stereocenters. The van der Waals surface area contributed by atoms with Crippen molar-refractivity contribution in [3.05, 3.63) is 69.2 Å². The lowest BCUT2D eigenvalue weighted by Gasteiger charge is -2.17. The highest BCUT2D eigenvalue weighted by molar-refractivity contribution is 9.10. The van der Waals surface area contributed by atoms with E-state index in [2.05, 4.69) is 26.6 Å². The number of primary amides is 1. The van der Waals surface area contributed by atoms with E-state index < -0.39 is 23.9 Å². The zero-order chi connectivity index (χ0) is 20.5. The zero-order valence-corrected chi connectivity index (χ0v) is 17.1. The lowest BCUT2D eigenvalue weighted by molar-refractivity contribution is -0.126. The first-order valence-electron chi connectivity index (χ1n) is 8.32. The maximum atomic E-state index is 12.1. The molecule has 7 nitrogen and oxygen atoms in total. The monoisotopic (exact) mass is 467 g/mol. The SMILES string of the molecule is NC(=O)[C@@H](Cc1cc(Cl)ccc1Br)NC(=O)CNC(=O)OCc1ccccc1. The van der Waals surface area contributed by atoms with Crippen LogP contribution >= 0.6 is 27.5 Å². The van der Waals surface area contributed by atoms with Crippen LogP contribution in [0.15, 0.2) is 53.0 Å². The summed E-state index contributed by atoms with van der Waals surface area (Å²) in [6.45, 7) is -0.269. The van der Waals surface area contributed by atoms with E-state index in [9.17, 15) is 14.4 Å². The first-order valence-corrected chi connectivity index (χ1v) is 9.49.